The van der Waals surface area contributed by atoms with E-state index in [9.17, 15) is 0 Å². The molecule has 0 saturated carbocycles. The van der Waals surface area contributed by atoms with Gasteiger partial charge in [-0.1, -0.05) is 66.2 Å². The van der Waals surface area contributed by atoms with Crippen molar-refractivity contribution in [1.82, 2.24) is 4.98 Å². The maximum Gasteiger partial charge on any atom is 0.0738 e. The Morgan fingerprint density at radius 2 is 1.29 bits per heavy atom. The molecule has 1 aromatic heterocycles. The van der Waals surface area contributed by atoms with Gasteiger partial charge in [-0.25, -0.2) is 4.98 Å². The molecule has 0 N–H and O–H groups in total. The van der Waals surface area contributed by atoms with Gasteiger partial charge in [0.2, 0.25) is 0 Å². The fourth-order valence-corrected chi connectivity index (χ4v) is 3.14. The Hall–Kier alpha value is -2.93. The van der Waals surface area contributed by atoms with Crippen LogP contribution in [0.3, 0.4) is 0 Å². The molecule has 116 valence electrons. The van der Waals surface area contributed by atoms with Crippen LogP contribution in [0.2, 0.25) is 0 Å². The molecule has 1 nitrogen and oxygen atoms in total. The first-order valence-corrected chi connectivity index (χ1v) is 8.24. The summed E-state index contributed by atoms with van der Waals surface area (Å²) in [5, 5.41) is 1.21. The van der Waals surface area contributed by atoms with Crippen LogP contribution in [0.4, 0.5) is 0 Å². The monoisotopic (exact) mass is 309 g/mol. The van der Waals surface area contributed by atoms with Crippen molar-refractivity contribution in [2.75, 3.05) is 0 Å². The van der Waals surface area contributed by atoms with Gasteiger partial charge in [-0.3, -0.25) is 0 Å². The minimum absolute atomic E-state index is 1.05. The summed E-state index contributed by atoms with van der Waals surface area (Å²) in [5.41, 5.74) is 8.22. The number of fused-ring (bicyclic) bond motifs is 1. The van der Waals surface area contributed by atoms with Crippen LogP contribution in [0.5, 0.6) is 0 Å². The fraction of sp³-hybridized carbons (Fsp3) is 0.0870. The standard InChI is InChI=1S/C23H19N/c1-16-8-13-22-21(14-16)15-17(2)23(24-22)20-11-9-19(10-12-20)18-6-4-3-5-7-18/h3-15H,1-2H3. The highest BCUT2D eigenvalue weighted by atomic mass is 14.7. The van der Waals surface area contributed by atoms with Gasteiger partial charge in [-0.05, 0) is 48.7 Å². The van der Waals surface area contributed by atoms with E-state index in [4.69, 9.17) is 4.98 Å². The highest BCUT2D eigenvalue weighted by molar-refractivity contribution is 5.84. The van der Waals surface area contributed by atoms with Crippen LogP contribution in [0, 0.1) is 13.8 Å². The minimum Gasteiger partial charge on any atom is -0.248 e. The summed E-state index contributed by atoms with van der Waals surface area (Å²) in [6, 6.07) is 27.8. The molecule has 24 heavy (non-hydrogen) atoms. The van der Waals surface area contributed by atoms with Crippen molar-refractivity contribution >= 4 is 10.9 Å². The van der Waals surface area contributed by atoms with Crippen molar-refractivity contribution in [3.05, 3.63) is 90.0 Å². The van der Waals surface area contributed by atoms with Gasteiger partial charge in [0.25, 0.3) is 0 Å². The lowest BCUT2D eigenvalue weighted by Crippen LogP contribution is -1.91. The first-order chi connectivity index (χ1) is 11.7. The Balaban J connectivity index is 1.77. The summed E-state index contributed by atoms with van der Waals surface area (Å²) in [5.74, 6) is 0. The van der Waals surface area contributed by atoms with E-state index in [0.29, 0.717) is 0 Å². The van der Waals surface area contributed by atoms with E-state index in [1.807, 2.05) is 6.07 Å². The SMILES string of the molecule is Cc1ccc2nc(-c3ccc(-c4ccccc4)cc3)c(C)cc2c1. The van der Waals surface area contributed by atoms with E-state index in [-0.39, 0.29) is 0 Å². The molecule has 4 rings (SSSR count). The molecular formula is C23H19N. The molecule has 0 bridgehead atoms. The predicted octanol–water partition coefficient (Wildman–Crippen LogP) is 6.19. The third-order valence-electron chi connectivity index (χ3n) is 4.43. The van der Waals surface area contributed by atoms with Crippen molar-refractivity contribution < 1.29 is 0 Å². The lowest BCUT2D eigenvalue weighted by molar-refractivity contribution is 1.32. The zero-order valence-corrected chi connectivity index (χ0v) is 14.0. The van der Waals surface area contributed by atoms with Crippen molar-refractivity contribution in [1.29, 1.82) is 0 Å². The van der Waals surface area contributed by atoms with Crippen LogP contribution in [0.15, 0.2) is 78.9 Å². The van der Waals surface area contributed by atoms with Crippen LogP contribution in [-0.2, 0) is 0 Å². The Kier molecular flexibility index (Phi) is 3.62. The molecule has 0 aliphatic carbocycles. The molecule has 0 aliphatic heterocycles. The highest BCUT2D eigenvalue weighted by Gasteiger charge is 2.07. The van der Waals surface area contributed by atoms with Crippen LogP contribution in [-0.4, -0.2) is 4.98 Å². The largest absolute Gasteiger partial charge is 0.248 e. The number of hydrogen-bond acceptors (Lipinski definition) is 1. The number of hydrogen-bond donors (Lipinski definition) is 0. The molecule has 0 amide bonds. The van der Waals surface area contributed by atoms with E-state index in [0.717, 1.165) is 16.8 Å². The van der Waals surface area contributed by atoms with Gasteiger partial charge in [0.05, 0.1) is 11.2 Å². The van der Waals surface area contributed by atoms with Gasteiger partial charge >= 0.3 is 0 Å². The minimum atomic E-state index is 1.05. The normalized spacial score (nSPS) is 10.9. The average Bonchev–Trinajstić information content (AvgIpc) is 2.62. The second kappa shape index (κ2) is 5.93. The Labute approximate surface area is 142 Å². The maximum absolute atomic E-state index is 4.89. The first-order valence-electron chi connectivity index (χ1n) is 8.24. The molecule has 3 aromatic carbocycles. The summed E-state index contributed by atoms with van der Waals surface area (Å²) in [6.45, 7) is 4.25. The summed E-state index contributed by atoms with van der Waals surface area (Å²) in [7, 11) is 0. The predicted molar refractivity (Wildman–Crippen MR) is 102 cm³/mol. The second-order valence-electron chi connectivity index (χ2n) is 6.29. The van der Waals surface area contributed by atoms with Gasteiger partial charge in [0.15, 0.2) is 0 Å². The number of pyridine rings is 1. The molecule has 1 heteroatoms. The molecule has 0 aliphatic rings. The van der Waals surface area contributed by atoms with Crippen molar-refractivity contribution in [3.8, 4) is 22.4 Å². The van der Waals surface area contributed by atoms with Crippen molar-refractivity contribution in [3.63, 3.8) is 0 Å². The lowest BCUT2D eigenvalue weighted by atomic mass is 10.00. The molecule has 0 fully saturated rings. The summed E-state index contributed by atoms with van der Waals surface area (Å²) >= 11 is 0. The highest BCUT2D eigenvalue weighted by Crippen LogP contribution is 2.28. The van der Waals surface area contributed by atoms with Crippen LogP contribution in [0.1, 0.15) is 11.1 Å². The number of aromatic nitrogens is 1. The van der Waals surface area contributed by atoms with Crippen LogP contribution < -0.4 is 0 Å². The summed E-state index contributed by atoms with van der Waals surface area (Å²) in [4.78, 5) is 4.89. The maximum atomic E-state index is 4.89. The quantitative estimate of drug-likeness (QED) is 0.430. The van der Waals surface area contributed by atoms with E-state index < -0.39 is 0 Å². The number of rotatable bonds is 2. The third-order valence-corrected chi connectivity index (χ3v) is 4.43. The van der Waals surface area contributed by atoms with E-state index in [1.54, 1.807) is 0 Å². The molecule has 0 spiro atoms. The number of nitrogens with zero attached hydrogens (tertiary/aromatic N) is 1. The van der Waals surface area contributed by atoms with Crippen LogP contribution in [0.25, 0.3) is 33.3 Å². The zero-order chi connectivity index (χ0) is 16.5. The number of aryl methyl sites for hydroxylation is 2. The molecule has 1 heterocycles. The van der Waals surface area contributed by atoms with Crippen molar-refractivity contribution in [2.45, 2.75) is 13.8 Å². The Morgan fingerprint density at radius 3 is 2.04 bits per heavy atom. The summed E-state index contributed by atoms with van der Waals surface area (Å²) < 4.78 is 0. The average molecular weight is 309 g/mol. The molecule has 0 saturated heterocycles. The second-order valence-corrected chi connectivity index (χ2v) is 6.29. The van der Waals surface area contributed by atoms with Gasteiger partial charge < -0.3 is 0 Å². The Morgan fingerprint density at radius 1 is 0.625 bits per heavy atom. The number of benzene rings is 3. The molecular weight excluding hydrogens is 290 g/mol. The van der Waals surface area contributed by atoms with Gasteiger partial charge in [0.1, 0.15) is 0 Å². The Bertz CT molecular complexity index is 999. The van der Waals surface area contributed by atoms with Crippen molar-refractivity contribution in [2.24, 2.45) is 0 Å². The molecule has 4 aromatic rings. The van der Waals surface area contributed by atoms with Gasteiger partial charge in [-0.2, -0.15) is 0 Å². The van der Waals surface area contributed by atoms with Gasteiger partial charge in [0, 0.05) is 10.9 Å². The zero-order valence-electron chi connectivity index (χ0n) is 14.0. The molecule has 0 unspecified atom stereocenters. The first kappa shape index (κ1) is 14.6. The van der Waals surface area contributed by atoms with Crippen LogP contribution >= 0.6 is 0 Å². The fourth-order valence-electron chi connectivity index (χ4n) is 3.14. The third kappa shape index (κ3) is 2.69. The lowest BCUT2D eigenvalue weighted by Gasteiger charge is -2.09. The van der Waals surface area contributed by atoms with E-state index in [1.165, 1.54) is 27.6 Å². The molecule has 0 radical (unpaired) electrons. The molecule has 0 atom stereocenters. The van der Waals surface area contributed by atoms with Gasteiger partial charge in [-0.15, -0.1) is 0 Å². The topological polar surface area (TPSA) is 12.9 Å². The smallest absolute Gasteiger partial charge is 0.0738 e. The van der Waals surface area contributed by atoms with E-state index in [2.05, 4.69) is 86.6 Å². The van der Waals surface area contributed by atoms with E-state index >= 15 is 0 Å². The summed E-state index contributed by atoms with van der Waals surface area (Å²) in [6.07, 6.45) is 0.